The molecule has 2 rings (SSSR count). The van der Waals surface area contributed by atoms with Crippen molar-refractivity contribution in [3.63, 3.8) is 0 Å². The van der Waals surface area contributed by atoms with Crippen LogP contribution in [0.1, 0.15) is 31.9 Å². The molecule has 1 atom stereocenters. The van der Waals surface area contributed by atoms with Gasteiger partial charge in [-0.2, -0.15) is 0 Å². The second kappa shape index (κ2) is 7.14. The van der Waals surface area contributed by atoms with Gasteiger partial charge in [0.15, 0.2) is 0 Å². The number of amides is 1. The van der Waals surface area contributed by atoms with Crippen molar-refractivity contribution in [3.8, 4) is 11.5 Å². The number of carbonyl (C=O) groups excluding carboxylic acids is 1. The quantitative estimate of drug-likeness (QED) is 0.796. The van der Waals surface area contributed by atoms with Gasteiger partial charge in [0.2, 0.25) is 5.91 Å². The molecule has 1 aromatic rings. The fourth-order valence-electron chi connectivity index (χ4n) is 2.24. The minimum absolute atomic E-state index is 0.0112. The first-order valence-corrected chi connectivity index (χ1v) is 7.14. The van der Waals surface area contributed by atoms with Gasteiger partial charge in [0.1, 0.15) is 18.1 Å². The number of benzene rings is 1. The minimum atomic E-state index is 0.0112. The number of hydrogen-bond donors (Lipinski definition) is 2. The summed E-state index contributed by atoms with van der Waals surface area (Å²) < 4.78 is 11.2. The van der Waals surface area contributed by atoms with Crippen LogP contribution in [-0.4, -0.2) is 32.2 Å². The van der Waals surface area contributed by atoms with E-state index in [0.29, 0.717) is 26.2 Å². The van der Waals surface area contributed by atoms with Crippen molar-refractivity contribution < 1.29 is 14.3 Å². The van der Waals surface area contributed by atoms with E-state index in [4.69, 9.17) is 9.47 Å². The van der Waals surface area contributed by atoms with E-state index >= 15 is 0 Å². The van der Waals surface area contributed by atoms with Crippen LogP contribution >= 0.6 is 0 Å². The molecule has 0 aromatic heterocycles. The molecule has 2 N–H and O–H groups in total. The zero-order chi connectivity index (χ0) is 14.4. The Morgan fingerprint density at radius 3 is 3.00 bits per heavy atom. The number of nitrogens with one attached hydrogen (secondary N) is 2. The molecule has 110 valence electrons. The Labute approximate surface area is 119 Å². The summed E-state index contributed by atoms with van der Waals surface area (Å²) in [5, 5.41) is 6.11. The SMILES string of the molecule is CCNC(=O)CCOc1ccc2c(c1)OCC2NCC. The van der Waals surface area contributed by atoms with Crippen molar-refractivity contribution in [1.29, 1.82) is 0 Å². The molecule has 0 aliphatic carbocycles. The third kappa shape index (κ3) is 3.63. The highest BCUT2D eigenvalue weighted by atomic mass is 16.5. The topological polar surface area (TPSA) is 59.6 Å². The fourth-order valence-corrected chi connectivity index (χ4v) is 2.24. The zero-order valence-corrected chi connectivity index (χ0v) is 12.1. The summed E-state index contributed by atoms with van der Waals surface area (Å²) in [6, 6.07) is 6.11. The number of carbonyl (C=O) groups is 1. The van der Waals surface area contributed by atoms with Crippen LogP contribution in [0.5, 0.6) is 11.5 Å². The lowest BCUT2D eigenvalue weighted by Gasteiger charge is -2.10. The van der Waals surface area contributed by atoms with E-state index in [1.165, 1.54) is 5.56 Å². The smallest absolute Gasteiger partial charge is 0.223 e. The van der Waals surface area contributed by atoms with Crippen LogP contribution in [0.15, 0.2) is 18.2 Å². The maximum Gasteiger partial charge on any atom is 0.223 e. The van der Waals surface area contributed by atoms with Crippen LogP contribution in [0.25, 0.3) is 0 Å². The number of likely N-dealkylation sites (N-methyl/N-ethyl adjacent to an activating group) is 1. The van der Waals surface area contributed by atoms with Crippen molar-refractivity contribution >= 4 is 5.91 Å². The summed E-state index contributed by atoms with van der Waals surface area (Å²) in [5.41, 5.74) is 1.17. The Kier molecular flexibility index (Phi) is 5.24. The maximum atomic E-state index is 11.3. The van der Waals surface area contributed by atoms with Crippen molar-refractivity contribution in [3.05, 3.63) is 23.8 Å². The van der Waals surface area contributed by atoms with E-state index in [2.05, 4.69) is 17.6 Å². The second-order valence-corrected chi connectivity index (χ2v) is 4.67. The Morgan fingerprint density at radius 1 is 1.40 bits per heavy atom. The lowest BCUT2D eigenvalue weighted by atomic mass is 10.1. The van der Waals surface area contributed by atoms with Gasteiger partial charge in [0.05, 0.1) is 19.1 Å². The summed E-state index contributed by atoms with van der Waals surface area (Å²) in [4.78, 5) is 11.3. The highest BCUT2D eigenvalue weighted by Crippen LogP contribution is 2.35. The molecule has 1 aromatic carbocycles. The average molecular weight is 278 g/mol. The first kappa shape index (κ1) is 14.7. The molecule has 1 heterocycles. The van der Waals surface area contributed by atoms with E-state index in [1.54, 1.807) is 0 Å². The first-order valence-electron chi connectivity index (χ1n) is 7.14. The van der Waals surface area contributed by atoms with Crippen LogP contribution in [0.2, 0.25) is 0 Å². The Balaban J connectivity index is 1.87. The molecule has 0 fully saturated rings. The Hall–Kier alpha value is -1.75. The predicted molar refractivity (Wildman–Crippen MR) is 77.2 cm³/mol. The minimum Gasteiger partial charge on any atom is -0.493 e. The lowest BCUT2D eigenvalue weighted by molar-refractivity contribution is -0.121. The molecule has 0 saturated heterocycles. The summed E-state index contributed by atoms with van der Waals surface area (Å²) in [5.74, 6) is 1.62. The summed E-state index contributed by atoms with van der Waals surface area (Å²) in [7, 11) is 0. The molecule has 20 heavy (non-hydrogen) atoms. The predicted octanol–water partition coefficient (Wildman–Crippen LogP) is 1.63. The molecule has 1 unspecified atom stereocenters. The van der Waals surface area contributed by atoms with E-state index < -0.39 is 0 Å². The highest BCUT2D eigenvalue weighted by molar-refractivity contribution is 5.75. The largest absolute Gasteiger partial charge is 0.493 e. The van der Waals surface area contributed by atoms with Crippen molar-refractivity contribution in [2.24, 2.45) is 0 Å². The summed E-state index contributed by atoms with van der Waals surface area (Å²) >= 11 is 0. The maximum absolute atomic E-state index is 11.3. The van der Waals surface area contributed by atoms with Crippen LogP contribution < -0.4 is 20.1 Å². The van der Waals surface area contributed by atoms with Crippen LogP contribution in [0, 0.1) is 0 Å². The number of hydrogen-bond acceptors (Lipinski definition) is 4. The van der Waals surface area contributed by atoms with Crippen molar-refractivity contribution in [2.75, 3.05) is 26.3 Å². The Morgan fingerprint density at radius 2 is 2.25 bits per heavy atom. The molecule has 1 amide bonds. The van der Waals surface area contributed by atoms with Crippen molar-refractivity contribution in [2.45, 2.75) is 26.3 Å². The van der Waals surface area contributed by atoms with Gasteiger partial charge >= 0.3 is 0 Å². The lowest BCUT2D eigenvalue weighted by Crippen LogP contribution is -2.24. The number of fused-ring (bicyclic) bond motifs is 1. The van der Waals surface area contributed by atoms with Gasteiger partial charge in [-0.05, 0) is 25.6 Å². The molecule has 0 saturated carbocycles. The van der Waals surface area contributed by atoms with Crippen LogP contribution in [0.3, 0.4) is 0 Å². The molecule has 0 bridgehead atoms. The number of ether oxygens (including phenoxy) is 2. The van der Waals surface area contributed by atoms with E-state index in [1.807, 2.05) is 25.1 Å². The van der Waals surface area contributed by atoms with Gasteiger partial charge in [-0.3, -0.25) is 4.79 Å². The molecule has 0 radical (unpaired) electrons. The van der Waals surface area contributed by atoms with E-state index in [-0.39, 0.29) is 11.9 Å². The summed E-state index contributed by atoms with van der Waals surface area (Å²) in [6.45, 7) is 6.58. The molecular formula is C15H22N2O3. The van der Waals surface area contributed by atoms with Crippen molar-refractivity contribution in [1.82, 2.24) is 10.6 Å². The van der Waals surface area contributed by atoms with E-state index in [9.17, 15) is 4.79 Å². The highest BCUT2D eigenvalue weighted by Gasteiger charge is 2.23. The van der Waals surface area contributed by atoms with Gasteiger partial charge < -0.3 is 20.1 Å². The average Bonchev–Trinajstić information content (AvgIpc) is 2.82. The molecule has 1 aliphatic heterocycles. The van der Waals surface area contributed by atoms with E-state index in [0.717, 1.165) is 18.0 Å². The molecule has 0 spiro atoms. The zero-order valence-electron chi connectivity index (χ0n) is 12.1. The standard InChI is InChI=1S/C15H22N2O3/c1-3-16-13-10-20-14-9-11(5-6-12(13)14)19-8-7-15(18)17-4-2/h5-6,9,13,16H,3-4,7-8,10H2,1-2H3,(H,17,18). The first-order chi connectivity index (χ1) is 9.74. The molecule has 5 heteroatoms. The normalized spacial score (nSPS) is 16.4. The second-order valence-electron chi connectivity index (χ2n) is 4.67. The van der Waals surface area contributed by atoms with Gasteiger partial charge in [-0.1, -0.05) is 6.92 Å². The van der Waals surface area contributed by atoms with Gasteiger partial charge in [0.25, 0.3) is 0 Å². The van der Waals surface area contributed by atoms with Gasteiger partial charge in [-0.25, -0.2) is 0 Å². The van der Waals surface area contributed by atoms with Gasteiger partial charge in [0, 0.05) is 18.2 Å². The molecule has 1 aliphatic rings. The van der Waals surface area contributed by atoms with Gasteiger partial charge in [-0.15, -0.1) is 0 Å². The summed E-state index contributed by atoms with van der Waals surface area (Å²) in [6.07, 6.45) is 0.367. The fraction of sp³-hybridized carbons (Fsp3) is 0.533. The number of rotatable bonds is 7. The third-order valence-corrected chi connectivity index (χ3v) is 3.19. The monoisotopic (exact) mass is 278 g/mol. The molecule has 5 nitrogen and oxygen atoms in total. The van der Waals surface area contributed by atoms with Crippen LogP contribution in [0.4, 0.5) is 0 Å². The Bertz CT molecular complexity index is 462. The third-order valence-electron chi connectivity index (χ3n) is 3.19. The van der Waals surface area contributed by atoms with Crippen LogP contribution in [-0.2, 0) is 4.79 Å². The molecular weight excluding hydrogens is 256 g/mol.